The Morgan fingerprint density at radius 3 is 2.57 bits per heavy atom. The Balaban J connectivity index is 1.48. The molecule has 0 spiro atoms. The molecule has 2 aromatic heterocycles. The maximum absolute atomic E-state index is 12.9. The lowest BCUT2D eigenvalue weighted by Gasteiger charge is -2.22. The van der Waals surface area contributed by atoms with Crippen LogP contribution >= 0.6 is 11.3 Å². The van der Waals surface area contributed by atoms with Gasteiger partial charge >= 0.3 is 0 Å². The lowest BCUT2D eigenvalue weighted by Crippen LogP contribution is -2.33. The molecular weight excluding hydrogens is 374 g/mol. The van der Waals surface area contributed by atoms with Crippen LogP contribution in [0.15, 0.2) is 6.07 Å². The van der Waals surface area contributed by atoms with Crippen molar-refractivity contribution in [3.8, 4) is 0 Å². The third kappa shape index (κ3) is 3.64. The zero-order valence-corrected chi connectivity index (χ0v) is 17.4. The van der Waals surface area contributed by atoms with Crippen molar-refractivity contribution in [3.05, 3.63) is 16.6 Å². The van der Waals surface area contributed by atoms with E-state index in [0.717, 1.165) is 33.6 Å². The van der Waals surface area contributed by atoms with Crippen molar-refractivity contribution in [1.29, 1.82) is 0 Å². The van der Waals surface area contributed by atoms with Crippen molar-refractivity contribution in [2.24, 2.45) is 5.92 Å². The summed E-state index contributed by atoms with van der Waals surface area (Å²) in [5, 5.41) is 5.83. The summed E-state index contributed by atoms with van der Waals surface area (Å²) in [6.07, 6.45) is 7.05. The quantitative estimate of drug-likeness (QED) is 0.535. The van der Waals surface area contributed by atoms with Gasteiger partial charge in [-0.2, -0.15) is 5.10 Å². The van der Waals surface area contributed by atoms with Gasteiger partial charge in [-0.25, -0.2) is 0 Å². The molecule has 1 saturated carbocycles. The van der Waals surface area contributed by atoms with Gasteiger partial charge in [0, 0.05) is 31.2 Å². The van der Waals surface area contributed by atoms with Crippen LogP contribution in [0.4, 0.5) is 0 Å². The maximum Gasteiger partial charge on any atom is 0.229 e. The molecule has 2 fully saturated rings. The first-order chi connectivity index (χ1) is 13.4. The zero-order chi connectivity index (χ0) is 19.8. The molecule has 1 saturated heterocycles. The molecule has 2 aliphatic rings. The van der Waals surface area contributed by atoms with E-state index in [2.05, 4.69) is 4.68 Å². The van der Waals surface area contributed by atoms with Gasteiger partial charge < -0.3 is 0 Å². The van der Waals surface area contributed by atoms with E-state index in [0.29, 0.717) is 31.8 Å². The van der Waals surface area contributed by atoms with Gasteiger partial charge in [0.25, 0.3) is 0 Å². The first-order valence-electron chi connectivity index (χ1n) is 10.3. The van der Waals surface area contributed by atoms with E-state index in [9.17, 15) is 14.4 Å². The molecule has 150 valence electrons. The van der Waals surface area contributed by atoms with Gasteiger partial charge in [-0.3, -0.25) is 24.0 Å². The van der Waals surface area contributed by atoms with Crippen molar-refractivity contribution in [2.75, 3.05) is 6.54 Å². The molecule has 1 atom stereocenters. The number of carbonyl (C=O) groups excluding carboxylic acids is 3. The molecule has 1 aliphatic carbocycles. The highest BCUT2D eigenvalue weighted by atomic mass is 32.1. The third-order valence-corrected chi connectivity index (χ3v) is 7.11. The Morgan fingerprint density at radius 2 is 1.89 bits per heavy atom. The number of likely N-dealkylation sites (tertiary alicyclic amines) is 1. The number of aryl methyl sites for hydroxylation is 1. The molecule has 28 heavy (non-hydrogen) atoms. The van der Waals surface area contributed by atoms with Crippen LogP contribution in [0.2, 0.25) is 0 Å². The van der Waals surface area contributed by atoms with E-state index in [4.69, 9.17) is 5.10 Å². The highest BCUT2D eigenvalue weighted by Gasteiger charge is 2.30. The average molecular weight is 402 g/mol. The Hall–Kier alpha value is -2.02. The van der Waals surface area contributed by atoms with Gasteiger partial charge in [0.15, 0.2) is 5.78 Å². The van der Waals surface area contributed by atoms with Crippen LogP contribution in [-0.2, 0) is 9.59 Å². The average Bonchev–Trinajstić information content (AvgIpc) is 3.34. The predicted octanol–water partition coefficient (Wildman–Crippen LogP) is 4.27. The van der Waals surface area contributed by atoms with Crippen LogP contribution in [0.25, 0.3) is 10.2 Å². The summed E-state index contributed by atoms with van der Waals surface area (Å²) in [6.45, 7) is 4.28. The minimum atomic E-state index is -0.116. The lowest BCUT2D eigenvalue weighted by molar-refractivity contribution is -0.139. The molecular formula is C21H27N3O3S. The van der Waals surface area contributed by atoms with Crippen LogP contribution in [0.5, 0.6) is 0 Å². The van der Waals surface area contributed by atoms with Crippen LogP contribution < -0.4 is 0 Å². The van der Waals surface area contributed by atoms with Crippen LogP contribution in [0.3, 0.4) is 0 Å². The number of carbonyl (C=O) groups is 3. The van der Waals surface area contributed by atoms with Crippen molar-refractivity contribution in [2.45, 2.75) is 71.3 Å². The highest BCUT2D eigenvalue weighted by Crippen LogP contribution is 2.36. The first kappa shape index (κ1) is 19.3. The van der Waals surface area contributed by atoms with Gasteiger partial charge in [0.05, 0.1) is 16.6 Å². The molecule has 0 unspecified atom stereocenters. The molecule has 2 amide bonds. The SMILES string of the molecule is Cc1nn(C2CCCCC2)c2sc(C(=O)C[C@H](C)CN3C(=O)CCC3=O)cc12. The topological polar surface area (TPSA) is 72.3 Å². The third-order valence-electron chi connectivity index (χ3n) is 5.95. The number of imide groups is 1. The molecule has 0 aromatic carbocycles. The number of amides is 2. The largest absolute Gasteiger partial charge is 0.293 e. The molecule has 7 heteroatoms. The molecule has 1 aliphatic heterocycles. The fraction of sp³-hybridized carbons (Fsp3) is 0.619. The molecule has 0 N–H and O–H groups in total. The fourth-order valence-corrected chi connectivity index (χ4v) is 5.58. The molecule has 2 aromatic rings. The van der Waals surface area contributed by atoms with Gasteiger partial charge in [-0.1, -0.05) is 26.2 Å². The van der Waals surface area contributed by atoms with Crippen molar-refractivity contribution in [3.63, 3.8) is 0 Å². The smallest absolute Gasteiger partial charge is 0.229 e. The zero-order valence-electron chi connectivity index (χ0n) is 16.6. The number of nitrogens with zero attached hydrogens (tertiary/aromatic N) is 3. The van der Waals surface area contributed by atoms with E-state index in [1.807, 2.05) is 19.9 Å². The second-order valence-corrected chi connectivity index (χ2v) is 9.31. The molecule has 6 nitrogen and oxygen atoms in total. The van der Waals surface area contributed by atoms with Crippen molar-refractivity contribution < 1.29 is 14.4 Å². The number of hydrogen-bond acceptors (Lipinski definition) is 5. The predicted molar refractivity (Wildman–Crippen MR) is 109 cm³/mol. The molecule has 0 bridgehead atoms. The van der Waals surface area contributed by atoms with Crippen molar-refractivity contribution in [1.82, 2.24) is 14.7 Å². The number of rotatable bonds is 6. The molecule has 0 radical (unpaired) electrons. The van der Waals surface area contributed by atoms with E-state index in [1.165, 1.54) is 35.5 Å². The maximum atomic E-state index is 12.9. The summed E-state index contributed by atoms with van der Waals surface area (Å²) in [6, 6.07) is 2.42. The Morgan fingerprint density at radius 1 is 1.21 bits per heavy atom. The number of aromatic nitrogens is 2. The minimum absolute atomic E-state index is 0.0420. The number of hydrogen-bond donors (Lipinski definition) is 0. The Kier molecular flexibility index (Phi) is 5.36. The Bertz CT molecular complexity index is 907. The number of ketones is 1. The van der Waals surface area contributed by atoms with Gasteiger partial charge in [0.2, 0.25) is 11.8 Å². The summed E-state index contributed by atoms with van der Waals surface area (Å²) in [4.78, 5) is 39.6. The Labute approximate surface area is 168 Å². The van der Waals surface area contributed by atoms with E-state index in [-0.39, 0.29) is 23.5 Å². The number of fused-ring (bicyclic) bond motifs is 1. The second kappa shape index (κ2) is 7.78. The lowest BCUT2D eigenvalue weighted by atomic mass is 9.96. The first-order valence-corrected chi connectivity index (χ1v) is 11.1. The standard InChI is InChI=1S/C21H27N3O3S/c1-13(12-23-19(26)8-9-20(23)27)10-17(25)18-11-16-14(2)22-24(21(16)28-18)15-6-4-3-5-7-15/h11,13,15H,3-10,12H2,1-2H3/t13-/m0/s1. The number of Topliss-reactive ketones (excluding diaryl/α,β-unsaturated/α-hetero) is 1. The van der Waals surface area contributed by atoms with E-state index in [1.54, 1.807) is 0 Å². The highest BCUT2D eigenvalue weighted by molar-refractivity contribution is 7.20. The van der Waals surface area contributed by atoms with Crippen LogP contribution in [0, 0.1) is 12.8 Å². The van der Waals surface area contributed by atoms with E-state index < -0.39 is 0 Å². The summed E-state index contributed by atoms with van der Waals surface area (Å²) < 4.78 is 2.15. The van der Waals surface area contributed by atoms with Crippen molar-refractivity contribution >= 4 is 39.2 Å². The van der Waals surface area contributed by atoms with Gasteiger partial charge in [0.1, 0.15) is 4.83 Å². The molecule has 3 heterocycles. The van der Waals surface area contributed by atoms with Gasteiger partial charge in [-0.15, -0.1) is 11.3 Å². The summed E-state index contributed by atoms with van der Waals surface area (Å²) in [7, 11) is 0. The fourth-order valence-electron chi connectivity index (χ4n) is 4.40. The van der Waals surface area contributed by atoms with Crippen LogP contribution in [-0.4, -0.2) is 38.8 Å². The van der Waals surface area contributed by atoms with E-state index >= 15 is 0 Å². The summed E-state index contributed by atoms with van der Waals surface area (Å²) in [5.41, 5.74) is 0.984. The summed E-state index contributed by atoms with van der Waals surface area (Å²) in [5.74, 6) is -0.189. The monoisotopic (exact) mass is 401 g/mol. The normalized spacial score (nSPS) is 19.7. The molecule has 4 rings (SSSR count). The summed E-state index contributed by atoms with van der Waals surface area (Å²) >= 11 is 1.54. The number of thiophene rings is 1. The van der Waals surface area contributed by atoms with Gasteiger partial charge in [-0.05, 0) is 31.7 Å². The minimum Gasteiger partial charge on any atom is -0.293 e. The van der Waals surface area contributed by atoms with Crippen LogP contribution in [0.1, 0.15) is 79.7 Å². The second-order valence-electron chi connectivity index (χ2n) is 8.28.